The lowest BCUT2D eigenvalue weighted by Gasteiger charge is -2.37. The first-order valence-electron chi connectivity index (χ1n) is 7.86. The van der Waals surface area contributed by atoms with Crippen LogP contribution in [-0.2, 0) is 0 Å². The molecular formula is C17H29N3O. The van der Waals surface area contributed by atoms with E-state index in [0.29, 0.717) is 6.04 Å². The average molecular weight is 291 g/mol. The van der Waals surface area contributed by atoms with Crippen LogP contribution in [0.5, 0.6) is 5.75 Å². The van der Waals surface area contributed by atoms with Crippen molar-refractivity contribution in [3.8, 4) is 5.75 Å². The monoisotopic (exact) mass is 291 g/mol. The second-order valence-corrected chi connectivity index (χ2v) is 6.52. The van der Waals surface area contributed by atoms with E-state index in [2.05, 4.69) is 36.9 Å². The van der Waals surface area contributed by atoms with Crippen molar-refractivity contribution in [2.45, 2.75) is 45.8 Å². The topological polar surface area (TPSA) is 41.7 Å². The highest BCUT2D eigenvalue weighted by Crippen LogP contribution is 2.33. The summed E-state index contributed by atoms with van der Waals surface area (Å²) in [5.74, 6) is 0.806. The maximum Gasteiger partial charge on any atom is 0.144 e. The van der Waals surface area contributed by atoms with Gasteiger partial charge in [0.1, 0.15) is 5.75 Å². The Morgan fingerprint density at radius 3 is 2.38 bits per heavy atom. The summed E-state index contributed by atoms with van der Waals surface area (Å²) in [4.78, 5) is 4.79. The van der Waals surface area contributed by atoms with Gasteiger partial charge in [0.15, 0.2) is 0 Å². The van der Waals surface area contributed by atoms with Gasteiger partial charge in [-0.2, -0.15) is 0 Å². The van der Waals surface area contributed by atoms with Crippen molar-refractivity contribution in [2.75, 3.05) is 37.8 Å². The second kappa shape index (κ2) is 6.56. The number of hydrogen-bond donors (Lipinski definition) is 1. The van der Waals surface area contributed by atoms with Gasteiger partial charge in [-0.1, -0.05) is 0 Å². The zero-order chi connectivity index (χ0) is 15.6. The summed E-state index contributed by atoms with van der Waals surface area (Å²) in [7, 11) is 4.34. The zero-order valence-corrected chi connectivity index (χ0v) is 14.0. The molecule has 0 unspecified atom stereocenters. The van der Waals surface area contributed by atoms with E-state index in [1.165, 1.54) is 24.1 Å². The molecule has 4 heteroatoms. The van der Waals surface area contributed by atoms with Crippen molar-refractivity contribution in [1.29, 1.82) is 0 Å². The molecule has 1 aliphatic rings. The molecule has 0 aromatic heterocycles. The quantitative estimate of drug-likeness (QED) is 0.866. The minimum absolute atomic E-state index is 0.141. The standard InChI is InChI=1S/C17H29N3O/c1-12(2)21-17-11-16(13(3)10-15(17)18)20-8-6-14(7-9-20)19(4)5/h10-12,14H,6-9,18H2,1-5H3. The van der Waals surface area contributed by atoms with Gasteiger partial charge in [0, 0.05) is 30.9 Å². The van der Waals surface area contributed by atoms with Crippen LogP contribution in [0.15, 0.2) is 12.1 Å². The van der Waals surface area contributed by atoms with Gasteiger partial charge >= 0.3 is 0 Å². The number of nitrogen functional groups attached to an aromatic ring is 1. The number of rotatable bonds is 4. The summed E-state index contributed by atoms with van der Waals surface area (Å²) < 4.78 is 5.83. The molecule has 0 bridgehead atoms. The number of nitrogens with zero attached hydrogens (tertiary/aromatic N) is 2. The fourth-order valence-electron chi connectivity index (χ4n) is 3.02. The fraction of sp³-hybridized carbons (Fsp3) is 0.647. The zero-order valence-electron chi connectivity index (χ0n) is 14.0. The highest BCUT2D eigenvalue weighted by Gasteiger charge is 2.22. The van der Waals surface area contributed by atoms with Crippen LogP contribution in [0.25, 0.3) is 0 Å². The second-order valence-electron chi connectivity index (χ2n) is 6.52. The molecule has 0 saturated carbocycles. The van der Waals surface area contributed by atoms with Gasteiger partial charge in [0.05, 0.1) is 11.8 Å². The van der Waals surface area contributed by atoms with Crippen LogP contribution in [0.3, 0.4) is 0 Å². The summed E-state index contributed by atoms with van der Waals surface area (Å²) in [5.41, 5.74) is 9.30. The van der Waals surface area contributed by atoms with Gasteiger partial charge in [0.2, 0.25) is 0 Å². The molecular weight excluding hydrogens is 262 g/mol. The van der Waals surface area contributed by atoms with Crippen molar-refractivity contribution in [2.24, 2.45) is 0 Å². The van der Waals surface area contributed by atoms with Crippen LogP contribution in [0.2, 0.25) is 0 Å². The first-order chi connectivity index (χ1) is 9.88. The van der Waals surface area contributed by atoms with Crippen LogP contribution in [0, 0.1) is 6.92 Å². The van der Waals surface area contributed by atoms with Crippen LogP contribution in [0.4, 0.5) is 11.4 Å². The molecule has 1 heterocycles. The number of piperidine rings is 1. The SMILES string of the molecule is Cc1cc(N)c(OC(C)C)cc1N1CCC(N(C)C)CC1. The van der Waals surface area contributed by atoms with Gasteiger partial charge in [0.25, 0.3) is 0 Å². The number of hydrogen-bond acceptors (Lipinski definition) is 4. The highest BCUT2D eigenvalue weighted by molar-refractivity contribution is 5.66. The largest absolute Gasteiger partial charge is 0.489 e. The molecule has 1 aromatic carbocycles. The number of anilines is 2. The van der Waals surface area contributed by atoms with E-state index in [0.717, 1.165) is 24.5 Å². The number of ether oxygens (including phenoxy) is 1. The average Bonchev–Trinajstić information content (AvgIpc) is 2.41. The molecule has 2 rings (SSSR count). The van der Waals surface area contributed by atoms with Crippen molar-refractivity contribution < 1.29 is 4.74 Å². The fourth-order valence-corrected chi connectivity index (χ4v) is 3.02. The normalized spacial score (nSPS) is 16.8. The van der Waals surface area contributed by atoms with Crippen molar-refractivity contribution in [3.05, 3.63) is 17.7 Å². The molecule has 2 N–H and O–H groups in total. The Labute approximate surface area is 128 Å². The van der Waals surface area contributed by atoms with Gasteiger partial charge in [-0.05, 0) is 59.3 Å². The lowest BCUT2D eigenvalue weighted by atomic mass is 10.0. The van der Waals surface area contributed by atoms with E-state index >= 15 is 0 Å². The summed E-state index contributed by atoms with van der Waals surface area (Å²) in [5, 5.41) is 0. The molecule has 1 aromatic rings. The van der Waals surface area contributed by atoms with E-state index in [1.807, 2.05) is 19.9 Å². The van der Waals surface area contributed by atoms with Crippen LogP contribution in [-0.4, -0.2) is 44.2 Å². The third-order valence-electron chi connectivity index (χ3n) is 4.23. The molecule has 1 fully saturated rings. The maximum absolute atomic E-state index is 6.08. The highest BCUT2D eigenvalue weighted by atomic mass is 16.5. The molecule has 4 nitrogen and oxygen atoms in total. The Hall–Kier alpha value is -1.42. The van der Waals surface area contributed by atoms with Gasteiger partial charge in [-0.15, -0.1) is 0 Å². The smallest absolute Gasteiger partial charge is 0.144 e. The molecule has 118 valence electrons. The van der Waals surface area contributed by atoms with Crippen LogP contribution < -0.4 is 15.4 Å². The van der Waals surface area contributed by atoms with E-state index in [1.54, 1.807) is 0 Å². The lowest BCUT2D eigenvalue weighted by Crippen LogP contribution is -2.42. The van der Waals surface area contributed by atoms with Crippen LogP contribution in [0.1, 0.15) is 32.3 Å². The minimum atomic E-state index is 0.141. The molecule has 21 heavy (non-hydrogen) atoms. The Morgan fingerprint density at radius 1 is 1.24 bits per heavy atom. The molecule has 1 aliphatic heterocycles. The van der Waals surface area contributed by atoms with E-state index in [-0.39, 0.29) is 6.10 Å². The molecule has 0 amide bonds. The number of aryl methyl sites for hydroxylation is 1. The Morgan fingerprint density at radius 2 is 1.86 bits per heavy atom. The lowest BCUT2D eigenvalue weighted by molar-refractivity contribution is 0.243. The maximum atomic E-state index is 6.08. The van der Waals surface area contributed by atoms with E-state index in [9.17, 15) is 0 Å². The number of nitrogens with two attached hydrogens (primary N) is 1. The van der Waals surface area contributed by atoms with Gasteiger partial charge < -0.3 is 20.3 Å². The van der Waals surface area contributed by atoms with E-state index < -0.39 is 0 Å². The third kappa shape index (κ3) is 3.82. The molecule has 1 saturated heterocycles. The van der Waals surface area contributed by atoms with Crippen molar-refractivity contribution >= 4 is 11.4 Å². The van der Waals surface area contributed by atoms with Crippen molar-refractivity contribution in [1.82, 2.24) is 4.90 Å². The minimum Gasteiger partial charge on any atom is -0.489 e. The summed E-state index contributed by atoms with van der Waals surface area (Å²) >= 11 is 0. The van der Waals surface area contributed by atoms with Crippen molar-refractivity contribution in [3.63, 3.8) is 0 Å². The molecule has 0 spiro atoms. The number of benzene rings is 1. The molecule has 0 aliphatic carbocycles. The first-order valence-corrected chi connectivity index (χ1v) is 7.86. The first kappa shape index (κ1) is 16.0. The van der Waals surface area contributed by atoms with Gasteiger partial charge in [-0.3, -0.25) is 0 Å². The predicted molar refractivity (Wildman–Crippen MR) is 90.3 cm³/mol. The van der Waals surface area contributed by atoms with Crippen LogP contribution >= 0.6 is 0 Å². The Balaban J connectivity index is 2.16. The molecule has 0 atom stereocenters. The molecule has 0 radical (unpaired) electrons. The van der Waals surface area contributed by atoms with Gasteiger partial charge in [-0.25, -0.2) is 0 Å². The Bertz CT molecular complexity index is 477. The third-order valence-corrected chi connectivity index (χ3v) is 4.23. The summed E-state index contributed by atoms with van der Waals surface area (Å²) in [6.07, 6.45) is 2.55. The van der Waals surface area contributed by atoms with E-state index in [4.69, 9.17) is 10.5 Å². The predicted octanol–water partition coefficient (Wildman–Crippen LogP) is 2.89. The summed E-state index contributed by atoms with van der Waals surface area (Å²) in [6.45, 7) is 8.37. The Kier molecular flexibility index (Phi) is 4.99. The summed E-state index contributed by atoms with van der Waals surface area (Å²) in [6, 6.07) is 4.84.